The van der Waals surface area contributed by atoms with E-state index in [9.17, 15) is 19.4 Å². The van der Waals surface area contributed by atoms with Crippen molar-refractivity contribution in [1.82, 2.24) is 5.32 Å². The maximum Gasteiger partial charge on any atom is 0.268 e. The van der Waals surface area contributed by atoms with Crippen molar-refractivity contribution in [3.8, 4) is 0 Å². The van der Waals surface area contributed by atoms with Crippen molar-refractivity contribution in [2.45, 2.75) is 366 Å². The molecule has 8 nitrogen and oxygen atoms in total. The summed E-state index contributed by atoms with van der Waals surface area (Å²) >= 11 is 0. The molecule has 0 aromatic carbocycles. The Balaban J connectivity index is 4.05. The van der Waals surface area contributed by atoms with Gasteiger partial charge in [0.15, 0.2) is 0 Å². The molecular weight excluding hydrogens is 1120 g/mol. The average Bonchev–Trinajstić information content (AvgIpc) is 3.57. The summed E-state index contributed by atoms with van der Waals surface area (Å²) in [6.45, 7) is 4.55. The number of amides is 1. The molecule has 0 aliphatic heterocycles. The first-order valence-corrected chi connectivity index (χ1v) is 39.6. The van der Waals surface area contributed by atoms with Crippen LogP contribution in [-0.4, -0.2) is 68.5 Å². The van der Waals surface area contributed by atoms with Gasteiger partial charge in [-0.3, -0.25) is 9.36 Å². The summed E-state index contributed by atoms with van der Waals surface area (Å²) in [5, 5.41) is 14.0. The Morgan fingerprint density at radius 2 is 0.697 bits per heavy atom. The van der Waals surface area contributed by atoms with E-state index in [4.69, 9.17) is 9.05 Å². The van der Waals surface area contributed by atoms with Gasteiger partial charge in [0.05, 0.1) is 39.9 Å². The monoisotopic (exact) mass is 1260 g/mol. The molecule has 0 aliphatic carbocycles. The molecule has 0 aliphatic rings. The van der Waals surface area contributed by atoms with E-state index in [0.29, 0.717) is 17.4 Å². The number of allylic oxidation sites excluding steroid dienone is 15. The number of quaternary nitrogens is 1. The normalized spacial score (nSPS) is 14.1. The number of phosphoric ester groups is 1. The van der Waals surface area contributed by atoms with Gasteiger partial charge in [0.2, 0.25) is 5.91 Å². The van der Waals surface area contributed by atoms with Gasteiger partial charge >= 0.3 is 0 Å². The summed E-state index contributed by atoms with van der Waals surface area (Å²) in [5.41, 5.74) is 0. The van der Waals surface area contributed by atoms with Crippen LogP contribution in [0.4, 0.5) is 0 Å². The summed E-state index contributed by atoms with van der Waals surface area (Å²) in [4.78, 5) is 25.7. The molecular formula is C80H147N2O6P. The Bertz CT molecular complexity index is 1780. The highest BCUT2D eigenvalue weighted by molar-refractivity contribution is 7.45. The topological polar surface area (TPSA) is 108 Å². The molecule has 0 saturated heterocycles. The Morgan fingerprint density at radius 3 is 1.04 bits per heavy atom. The van der Waals surface area contributed by atoms with E-state index in [0.717, 1.165) is 77.0 Å². The van der Waals surface area contributed by atoms with Gasteiger partial charge in [-0.05, 0) is 89.9 Å². The third-order valence-corrected chi connectivity index (χ3v) is 18.0. The molecule has 89 heavy (non-hydrogen) atoms. The second-order valence-electron chi connectivity index (χ2n) is 27.0. The smallest absolute Gasteiger partial charge is 0.268 e. The minimum atomic E-state index is -4.62. The number of hydrogen-bond donors (Lipinski definition) is 2. The molecule has 0 aromatic rings. The van der Waals surface area contributed by atoms with Gasteiger partial charge in [0.1, 0.15) is 13.2 Å². The molecule has 0 rings (SSSR count). The van der Waals surface area contributed by atoms with Crippen LogP contribution in [0.15, 0.2) is 97.2 Å². The zero-order valence-electron chi connectivity index (χ0n) is 59.4. The number of aliphatic hydroxyl groups excluding tert-OH is 1. The fraction of sp³-hybridized carbons (Fsp3) is 0.787. The van der Waals surface area contributed by atoms with Crippen molar-refractivity contribution in [2.24, 2.45) is 0 Å². The van der Waals surface area contributed by atoms with Crippen molar-refractivity contribution in [3.63, 3.8) is 0 Å². The van der Waals surface area contributed by atoms with Crippen LogP contribution in [-0.2, 0) is 18.4 Å². The number of likely N-dealkylation sites (N-methyl/N-ethyl adjacent to an activating group) is 1. The number of nitrogens with zero attached hydrogens (tertiary/aromatic N) is 1. The molecule has 0 heterocycles. The number of nitrogens with one attached hydrogen (secondary N) is 1. The van der Waals surface area contributed by atoms with E-state index in [-0.39, 0.29) is 12.5 Å². The number of hydrogen-bond acceptors (Lipinski definition) is 6. The predicted octanol–water partition coefficient (Wildman–Crippen LogP) is 24.2. The summed E-state index contributed by atoms with van der Waals surface area (Å²) in [6, 6.07) is -0.915. The number of phosphoric acid groups is 1. The van der Waals surface area contributed by atoms with Crippen LogP contribution in [0.3, 0.4) is 0 Å². The Hall–Kier alpha value is -2.58. The Morgan fingerprint density at radius 1 is 0.404 bits per heavy atom. The molecule has 1 amide bonds. The molecule has 0 saturated carbocycles. The molecule has 0 aromatic heterocycles. The lowest BCUT2D eigenvalue weighted by molar-refractivity contribution is -0.870. The van der Waals surface area contributed by atoms with E-state index in [1.165, 1.54) is 257 Å². The minimum absolute atomic E-state index is 0.0104. The Kier molecular flexibility index (Phi) is 67.7. The van der Waals surface area contributed by atoms with E-state index >= 15 is 0 Å². The third kappa shape index (κ3) is 72.7. The van der Waals surface area contributed by atoms with Gasteiger partial charge in [0.25, 0.3) is 7.82 Å². The summed E-state index contributed by atoms with van der Waals surface area (Å²) in [6.07, 6.45) is 101. The lowest BCUT2D eigenvalue weighted by Crippen LogP contribution is -2.45. The number of carbonyl (C=O) groups excluding carboxylic acids is 1. The first-order chi connectivity index (χ1) is 43.5. The number of rotatable bonds is 70. The lowest BCUT2D eigenvalue weighted by Gasteiger charge is -2.29. The van der Waals surface area contributed by atoms with Crippen LogP contribution in [0.1, 0.15) is 354 Å². The van der Waals surface area contributed by atoms with Crippen molar-refractivity contribution in [1.29, 1.82) is 0 Å². The van der Waals surface area contributed by atoms with Gasteiger partial charge < -0.3 is 28.8 Å². The van der Waals surface area contributed by atoms with Crippen LogP contribution in [0.2, 0.25) is 0 Å². The second-order valence-corrected chi connectivity index (χ2v) is 28.4. The average molecular weight is 1260 g/mol. The molecule has 0 spiro atoms. The van der Waals surface area contributed by atoms with Gasteiger partial charge in [0, 0.05) is 6.42 Å². The van der Waals surface area contributed by atoms with E-state index in [1.54, 1.807) is 6.08 Å². The maximum absolute atomic E-state index is 13.1. The second kappa shape index (κ2) is 69.8. The minimum Gasteiger partial charge on any atom is -0.756 e. The maximum atomic E-state index is 13.1. The first-order valence-electron chi connectivity index (χ1n) is 38.1. The van der Waals surface area contributed by atoms with Crippen molar-refractivity contribution >= 4 is 13.7 Å². The van der Waals surface area contributed by atoms with Gasteiger partial charge in [-0.15, -0.1) is 0 Å². The molecule has 9 heteroatoms. The van der Waals surface area contributed by atoms with Gasteiger partial charge in [-0.25, -0.2) is 0 Å². The quantitative estimate of drug-likeness (QED) is 0.0272. The van der Waals surface area contributed by atoms with Crippen molar-refractivity contribution < 1.29 is 32.9 Å². The SMILES string of the molecule is CC/C=C\C/C=C\C/C=C\C/C=C\C/C=C\CCCCCCCCCCCCCCCCCCCCCCCC(=O)NC(COP(=O)([O-])OCC[N+](C)(C)C)C(O)/C=C/CC/C=C/CC/C=C/CCCCCCCCCCCCCCCCCCCCCC. The molecule has 2 N–H and O–H groups in total. The molecule has 0 fully saturated rings. The summed E-state index contributed by atoms with van der Waals surface area (Å²) in [7, 11) is 1.24. The molecule has 3 atom stereocenters. The number of carbonyl (C=O) groups is 1. The lowest BCUT2D eigenvalue weighted by atomic mass is 10.0. The first kappa shape index (κ1) is 86.4. The van der Waals surface area contributed by atoms with Crippen molar-refractivity contribution in [3.05, 3.63) is 97.2 Å². The molecule has 0 radical (unpaired) electrons. The van der Waals surface area contributed by atoms with Crippen LogP contribution < -0.4 is 10.2 Å². The zero-order chi connectivity index (χ0) is 64.8. The largest absolute Gasteiger partial charge is 0.756 e. The highest BCUT2D eigenvalue weighted by Gasteiger charge is 2.23. The standard InChI is InChI=1S/C80H147N2O6P/c1-6-8-10-12-14-16-18-20-22-24-26-28-30-32-34-36-38-39-40-41-42-43-44-46-48-50-52-54-56-58-60-62-64-66-68-70-72-74-80(84)81-78(77-88-89(85,86)87-76-75-82(3,4)5)79(83)73-71-69-67-65-63-61-59-57-55-53-51-49-47-45-37-35-33-31-29-27-25-23-21-19-17-15-13-11-9-7-2/h8,10,14,16,20,22,26,28,32,34,55,57,63,65,71,73,78-79,83H,6-7,9,11-13,15,17-19,21,23-25,27,29-31,33,35-54,56,58-62,64,66-70,72,74-77H2,1-5H3,(H-,81,84,85,86)/b10-8-,16-14-,22-20-,28-26-,34-32-,57-55+,65-63+,73-71+. The number of aliphatic hydroxyl groups is 1. The van der Waals surface area contributed by atoms with Crippen LogP contribution in [0.25, 0.3) is 0 Å². The van der Waals surface area contributed by atoms with Crippen LogP contribution in [0.5, 0.6) is 0 Å². The summed E-state index contributed by atoms with van der Waals surface area (Å²) in [5.74, 6) is -0.207. The van der Waals surface area contributed by atoms with E-state index < -0.39 is 26.6 Å². The van der Waals surface area contributed by atoms with E-state index in [1.807, 2.05) is 27.2 Å². The zero-order valence-corrected chi connectivity index (χ0v) is 60.3. The fourth-order valence-electron chi connectivity index (χ4n) is 11.2. The van der Waals surface area contributed by atoms with Crippen LogP contribution >= 0.6 is 7.82 Å². The summed E-state index contributed by atoms with van der Waals surface area (Å²) < 4.78 is 23.5. The number of unbranched alkanes of at least 4 members (excludes halogenated alkanes) is 43. The van der Waals surface area contributed by atoms with Gasteiger partial charge in [-0.1, -0.05) is 355 Å². The fourth-order valence-corrected chi connectivity index (χ4v) is 11.9. The van der Waals surface area contributed by atoms with E-state index in [2.05, 4.69) is 104 Å². The third-order valence-electron chi connectivity index (χ3n) is 17.0. The Labute approximate surface area is 553 Å². The van der Waals surface area contributed by atoms with Gasteiger partial charge in [-0.2, -0.15) is 0 Å². The predicted molar refractivity (Wildman–Crippen MR) is 390 cm³/mol. The molecule has 3 unspecified atom stereocenters. The molecule has 518 valence electrons. The van der Waals surface area contributed by atoms with Crippen LogP contribution in [0, 0.1) is 0 Å². The highest BCUT2D eigenvalue weighted by atomic mass is 31.2. The van der Waals surface area contributed by atoms with Crippen molar-refractivity contribution in [2.75, 3.05) is 40.9 Å². The molecule has 0 bridgehead atoms. The highest BCUT2D eigenvalue weighted by Crippen LogP contribution is 2.38.